The molecule has 1 aliphatic rings. The fourth-order valence-electron chi connectivity index (χ4n) is 2.45. The van der Waals surface area contributed by atoms with E-state index in [-0.39, 0.29) is 0 Å². The van der Waals surface area contributed by atoms with E-state index in [1.54, 1.807) is 0 Å². The van der Waals surface area contributed by atoms with Crippen molar-refractivity contribution in [2.45, 2.75) is 52.4 Å². The molecular weight excluding hydrogens is 242 g/mol. The second-order valence-corrected chi connectivity index (χ2v) is 5.20. The van der Waals surface area contributed by atoms with E-state index in [0.717, 1.165) is 50.7 Å². The fraction of sp³-hybridized carbons (Fsp3) is 0.786. The molecule has 1 aromatic heterocycles. The number of rotatable bonds is 6. The lowest BCUT2D eigenvalue weighted by atomic mass is 10.1. The van der Waals surface area contributed by atoms with E-state index in [1.165, 1.54) is 0 Å². The van der Waals surface area contributed by atoms with Gasteiger partial charge in [0.15, 0.2) is 5.76 Å². The van der Waals surface area contributed by atoms with Crippen LogP contribution in [0.25, 0.3) is 0 Å². The molecule has 108 valence electrons. The number of nitrogens with zero attached hydrogens (tertiary/aromatic N) is 2. The molecule has 0 aromatic carbocycles. The first-order valence-electron chi connectivity index (χ1n) is 7.23. The molecular formula is C14H25N3O2. The van der Waals surface area contributed by atoms with Gasteiger partial charge in [-0.05, 0) is 19.9 Å². The Bertz CT molecular complexity index is 381. The summed E-state index contributed by atoms with van der Waals surface area (Å²) in [6.07, 6.45) is 1.40. The number of nitrogens with one attached hydrogen (secondary N) is 1. The Morgan fingerprint density at radius 2 is 2.32 bits per heavy atom. The van der Waals surface area contributed by atoms with Crippen molar-refractivity contribution in [2.24, 2.45) is 0 Å². The fourth-order valence-corrected chi connectivity index (χ4v) is 2.45. The van der Waals surface area contributed by atoms with Crippen molar-refractivity contribution in [3.8, 4) is 0 Å². The minimum atomic E-state index is 0.298. The van der Waals surface area contributed by atoms with Gasteiger partial charge in [-0.3, -0.25) is 4.90 Å². The van der Waals surface area contributed by atoms with Crippen LogP contribution in [0.4, 0.5) is 0 Å². The van der Waals surface area contributed by atoms with Gasteiger partial charge in [-0.15, -0.1) is 0 Å². The molecule has 1 aliphatic heterocycles. The highest BCUT2D eigenvalue weighted by atomic mass is 16.5. The lowest BCUT2D eigenvalue weighted by Gasteiger charge is -2.37. The van der Waals surface area contributed by atoms with Crippen LogP contribution in [0.15, 0.2) is 10.6 Å². The van der Waals surface area contributed by atoms with Crippen molar-refractivity contribution in [1.82, 2.24) is 15.4 Å². The predicted octanol–water partition coefficient (Wildman–Crippen LogP) is 1.78. The standard InChI is InChI=1S/C14H25N3O2/c1-4-13-10-18-11(3)8-17(13)9-14-6-12(16-19-14)7-15-5-2/h6,11,13,15H,4-5,7-10H2,1-3H3. The zero-order valence-electron chi connectivity index (χ0n) is 12.2. The third kappa shape index (κ3) is 4.03. The third-order valence-corrected chi connectivity index (χ3v) is 3.58. The maximum atomic E-state index is 5.71. The molecule has 0 aliphatic carbocycles. The van der Waals surface area contributed by atoms with Gasteiger partial charge >= 0.3 is 0 Å². The van der Waals surface area contributed by atoms with Crippen molar-refractivity contribution in [3.63, 3.8) is 0 Å². The van der Waals surface area contributed by atoms with Gasteiger partial charge in [-0.25, -0.2) is 0 Å². The third-order valence-electron chi connectivity index (χ3n) is 3.58. The Labute approximate surface area is 115 Å². The van der Waals surface area contributed by atoms with Crippen LogP contribution in [0.5, 0.6) is 0 Å². The number of hydrogen-bond donors (Lipinski definition) is 1. The van der Waals surface area contributed by atoms with Gasteiger partial charge in [0.1, 0.15) is 0 Å². The Kier molecular flexibility index (Phi) is 5.36. The first-order chi connectivity index (χ1) is 9.22. The highest BCUT2D eigenvalue weighted by Crippen LogP contribution is 2.18. The van der Waals surface area contributed by atoms with Gasteiger partial charge in [0, 0.05) is 25.2 Å². The maximum absolute atomic E-state index is 5.71. The molecule has 1 N–H and O–H groups in total. The summed E-state index contributed by atoms with van der Waals surface area (Å²) < 4.78 is 11.1. The molecule has 0 spiro atoms. The lowest BCUT2D eigenvalue weighted by Crippen LogP contribution is -2.47. The van der Waals surface area contributed by atoms with E-state index in [0.29, 0.717) is 12.1 Å². The molecule has 0 saturated carbocycles. The zero-order chi connectivity index (χ0) is 13.7. The summed E-state index contributed by atoms with van der Waals surface area (Å²) in [5.41, 5.74) is 0.978. The quantitative estimate of drug-likeness (QED) is 0.851. The molecule has 2 unspecified atom stereocenters. The molecule has 2 atom stereocenters. The summed E-state index contributed by atoms with van der Waals surface area (Å²) in [6, 6.07) is 2.54. The van der Waals surface area contributed by atoms with Gasteiger partial charge in [0.2, 0.25) is 0 Å². The molecule has 2 rings (SSSR count). The van der Waals surface area contributed by atoms with Crippen molar-refractivity contribution < 1.29 is 9.26 Å². The molecule has 1 aromatic rings. The predicted molar refractivity (Wildman–Crippen MR) is 73.8 cm³/mol. The number of ether oxygens (including phenoxy) is 1. The zero-order valence-corrected chi connectivity index (χ0v) is 12.2. The maximum Gasteiger partial charge on any atom is 0.151 e. The molecule has 5 nitrogen and oxygen atoms in total. The Morgan fingerprint density at radius 3 is 3.05 bits per heavy atom. The van der Waals surface area contributed by atoms with Crippen LogP contribution in [0.1, 0.15) is 38.6 Å². The average Bonchev–Trinajstić information content (AvgIpc) is 2.84. The average molecular weight is 267 g/mol. The molecule has 1 fully saturated rings. The summed E-state index contributed by atoms with van der Waals surface area (Å²) in [5, 5.41) is 7.35. The first kappa shape index (κ1) is 14.5. The lowest BCUT2D eigenvalue weighted by molar-refractivity contribution is -0.0615. The molecule has 5 heteroatoms. The second-order valence-electron chi connectivity index (χ2n) is 5.20. The minimum Gasteiger partial charge on any atom is -0.376 e. The highest BCUT2D eigenvalue weighted by molar-refractivity contribution is 5.05. The Morgan fingerprint density at radius 1 is 1.47 bits per heavy atom. The first-order valence-corrected chi connectivity index (χ1v) is 7.23. The molecule has 0 bridgehead atoms. The van der Waals surface area contributed by atoms with E-state index in [2.05, 4.69) is 42.2 Å². The van der Waals surface area contributed by atoms with Crippen LogP contribution >= 0.6 is 0 Å². The van der Waals surface area contributed by atoms with Gasteiger partial charge in [-0.2, -0.15) is 0 Å². The van der Waals surface area contributed by atoms with Crippen molar-refractivity contribution in [1.29, 1.82) is 0 Å². The molecule has 0 amide bonds. The number of morpholine rings is 1. The van der Waals surface area contributed by atoms with E-state index in [1.807, 2.05) is 0 Å². The van der Waals surface area contributed by atoms with E-state index >= 15 is 0 Å². The number of aromatic nitrogens is 1. The van der Waals surface area contributed by atoms with Crippen molar-refractivity contribution in [2.75, 3.05) is 19.7 Å². The summed E-state index contributed by atoms with van der Waals surface area (Å²) in [4.78, 5) is 2.44. The number of hydrogen-bond acceptors (Lipinski definition) is 5. The van der Waals surface area contributed by atoms with Crippen LogP contribution in [0.2, 0.25) is 0 Å². The minimum absolute atomic E-state index is 0.298. The van der Waals surface area contributed by atoms with Gasteiger partial charge in [0.05, 0.1) is 24.9 Å². The van der Waals surface area contributed by atoms with E-state index < -0.39 is 0 Å². The summed E-state index contributed by atoms with van der Waals surface area (Å²) >= 11 is 0. The summed E-state index contributed by atoms with van der Waals surface area (Å²) in [6.45, 7) is 10.7. The van der Waals surface area contributed by atoms with Crippen LogP contribution in [0, 0.1) is 0 Å². The monoisotopic (exact) mass is 267 g/mol. The van der Waals surface area contributed by atoms with E-state index in [4.69, 9.17) is 9.26 Å². The smallest absolute Gasteiger partial charge is 0.151 e. The van der Waals surface area contributed by atoms with Gasteiger partial charge in [0.25, 0.3) is 0 Å². The topological polar surface area (TPSA) is 50.5 Å². The summed E-state index contributed by atoms with van der Waals surface area (Å²) in [7, 11) is 0. The van der Waals surface area contributed by atoms with Crippen LogP contribution in [-0.4, -0.2) is 41.9 Å². The van der Waals surface area contributed by atoms with Crippen LogP contribution in [0.3, 0.4) is 0 Å². The molecule has 1 saturated heterocycles. The molecule has 0 radical (unpaired) electrons. The van der Waals surface area contributed by atoms with Crippen molar-refractivity contribution >= 4 is 0 Å². The SMILES string of the molecule is CCNCc1cc(CN2CC(C)OCC2CC)on1. The van der Waals surface area contributed by atoms with Gasteiger partial charge in [-0.1, -0.05) is 19.0 Å². The largest absolute Gasteiger partial charge is 0.376 e. The summed E-state index contributed by atoms with van der Waals surface area (Å²) in [5.74, 6) is 0.945. The normalized spacial score (nSPS) is 24.8. The molecule has 19 heavy (non-hydrogen) atoms. The van der Waals surface area contributed by atoms with Gasteiger partial charge < -0.3 is 14.6 Å². The second kappa shape index (κ2) is 7.03. The van der Waals surface area contributed by atoms with Crippen LogP contribution in [-0.2, 0) is 17.8 Å². The highest BCUT2D eigenvalue weighted by Gasteiger charge is 2.26. The van der Waals surface area contributed by atoms with Crippen LogP contribution < -0.4 is 5.32 Å². The Hall–Kier alpha value is -0.910. The molecule has 2 heterocycles. The Balaban J connectivity index is 1.92. The van der Waals surface area contributed by atoms with Crippen molar-refractivity contribution in [3.05, 3.63) is 17.5 Å². The van der Waals surface area contributed by atoms with E-state index in [9.17, 15) is 0 Å².